The Labute approximate surface area is 147 Å². The van der Waals surface area contributed by atoms with E-state index in [2.05, 4.69) is 37.7 Å². The first-order valence-electron chi connectivity index (χ1n) is 8.29. The minimum atomic E-state index is -0.0757. The standard InChI is InChI=1S/C17H25N5OS/c1-20(2)8-7-18-17(23)14-10-21(13-16-4-3-9-24-16)12-15-5-6-19-22(15)11-14/h3-6,9,14H,7-8,10-13H2,1-2H3,(H,18,23). The van der Waals surface area contributed by atoms with Crippen LogP contribution in [0.5, 0.6) is 0 Å². The molecule has 3 heterocycles. The zero-order valence-corrected chi connectivity index (χ0v) is 15.1. The van der Waals surface area contributed by atoms with Gasteiger partial charge in [0.05, 0.1) is 18.2 Å². The summed E-state index contributed by atoms with van der Waals surface area (Å²) in [6.45, 7) is 4.65. The van der Waals surface area contributed by atoms with Gasteiger partial charge < -0.3 is 10.2 Å². The zero-order valence-electron chi connectivity index (χ0n) is 14.3. The Hall–Kier alpha value is -1.70. The van der Waals surface area contributed by atoms with Gasteiger partial charge in [0, 0.05) is 43.8 Å². The number of amides is 1. The van der Waals surface area contributed by atoms with Crippen molar-refractivity contribution < 1.29 is 4.79 Å². The van der Waals surface area contributed by atoms with Gasteiger partial charge in [0.15, 0.2) is 0 Å². The molecule has 1 aliphatic rings. The number of nitrogens with zero attached hydrogens (tertiary/aromatic N) is 4. The molecule has 2 aromatic heterocycles. The summed E-state index contributed by atoms with van der Waals surface area (Å²) < 4.78 is 1.98. The van der Waals surface area contributed by atoms with E-state index in [4.69, 9.17) is 0 Å². The van der Waals surface area contributed by atoms with E-state index in [1.54, 1.807) is 11.3 Å². The van der Waals surface area contributed by atoms with Crippen molar-refractivity contribution in [2.75, 3.05) is 33.7 Å². The highest BCUT2D eigenvalue weighted by atomic mass is 32.1. The van der Waals surface area contributed by atoms with Crippen molar-refractivity contribution in [3.05, 3.63) is 40.3 Å². The van der Waals surface area contributed by atoms with Gasteiger partial charge in [-0.2, -0.15) is 5.10 Å². The topological polar surface area (TPSA) is 53.4 Å². The van der Waals surface area contributed by atoms with Gasteiger partial charge >= 0.3 is 0 Å². The third kappa shape index (κ3) is 4.43. The molecule has 0 aromatic carbocycles. The molecule has 1 atom stereocenters. The summed E-state index contributed by atoms with van der Waals surface area (Å²) in [5.74, 6) is 0.0460. The van der Waals surface area contributed by atoms with Gasteiger partial charge in [-0.3, -0.25) is 14.4 Å². The van der Waals surface area contributed by atoms with E-state index in [-0.39, 0.29) is 11.8 Å². The van der Waals surface area contributed by atoms with Crippen molar-refractivity contribution in [3.8, 4) is 0 Å². The van der Waals surface area contributed by atoms with Crippen LogP contribution < -0.4 is 5.32 Å². The monoisotopic (exact) mass is 347 g/mol. The minimum absolute atomic E-state index is 0.0757. The highest BCUT2D eigenvalue weighted by Gasteiger charge is 2.27. The van der Waals surface area contributed by atoms with Gasteiger partial charge in [-0.25, -0.2) is 0 Å². The van der Waals surface area contributed by atoms with E-state index < -0.39 is 0 Å². The molecule has 0 radical (unpaired) electrons. The van der Waals surface area contributed by atoms with Gasteiger partial charge in [-0.1, -0.05) is 6.07 Å². The Balaban J connectivity index is 1.68. The SMILES string of the molecule is CN(C)CCNC(=O)C1CN(Cc2cccs2)Cc2ccnn2C1. The third-order valence-corrected chi connectivity index (χ3v) is 5.11. The average Bonchev–Trinajstić information content (AvgIpc) is 3.16. The minimum Gasteiger partial charge on any atom is -0.354 e. The normalized spacial score (nSPS) is 18.4. The number of aromatic nitrogens is 2. The smallest absolute Gasteiger partial charge is 0.226 e. The van der Waals surface area contributed by atoms with Crippen molar-refractivity contribution >= 4 is 17.2 Å². The fourth-order valence-electron chi connectivity index (χ4n) is 2.99. The van der Waals surface area contributed by atoms with Crippen LogP contribution in [-0.4, -0.2) is 59.2 Å². The van der Waals surface area contributed by atoms with Crippen LogP contribution in [0.15, 0.2) is 29.8 Å². The highest BCUT2D eigenvalue weighted by Crippen LogP contribution is 2.20. The van der Waals surface area contributed by atoms with E-state index in [1.807, 2.05) is 31.0 Å². The van der Waals surface area contributed by atoms with Gasteiger partial charge in [-0.05, 0) is 31.6 Å². The van der Waals surface area contributed by atoms with Gasteiger partial charge in [0.1, 0.15) is 0 Å². The lowest BCUT2D eigenvalue weighted by molar-refractivity contribution is -0.126. The number of nitrogens with one attached hydrogen (secondary N) is 1. The van der Waals surface area contributed by atoms with Gasteiger partial charge in [0.2, 0.25) is 5.91 Å². The molecule has 1 amide bonds. The van der Waals surface area contributed by atoms with Crippen molar-refractivity contribution in [3.63, 3.8) is 0 Å². The van der Waals surface area contributed by atoms with Gasteiger partial charge in [0.25, 0.3) is 0 Å². The van der Waals surface area contributed by atoms with E-state index in [1.165, 1.54) is 10.6 Å². The predicted molar refractivity (Wildman–Crippen MR) is 95.7 cm³/mol. The molecule has 0 spiro atoms. The second-order valence-electron chi connectivity index (χ2n) is 6.54. The van der Waals surface area contributed by atoms with Crippen LogP contribution in [-0.2, 0) is 24.4 Å². The number of hydrogen-bond donors (Lipinski definition) is 1. The van der Waals surface area contributed by atoms with E-state index in [0.717, 1.165) is 26.2 Å². The molecule has 0 saturated carbocycles. The third-order valence-electron chi connectivity index (χ3n) is 4.25. The quantitative estimate of drug-likeness (QED) is 0.855. The van der Waals surface area contributed by atoms with Crippen LogP contribution >= 0.6 is 11.3 Å². The molecule has 24 heavy (non-hydrogen) atoms. The molecular weight excluding hydrogens is 322 g/mol. The van der Waals surface area contributed by atoms with Gasteiger partial charge in [-0.15, -0.1) is 11.3 Å². The van der Waals surface area contributed by atoms with Crippen LogP contribution in [0.3, 0.4) is 0 Å². The molecule has 0 aliphatic carbocycles. The first-order valence-corrected chi connectivity index (χ1v) is 9.17. The van der Waals surface area contributed by atoms with Crippen molar-refractivity contribution in [1.82, 2.24) is 24.9 Å². The first kappa shape index (κ1) is 17.1. The fourth-order valence-corrected chi connectivity index (χ4v) is 3.73. The molecule has 0 fully saturated rings. The molecule has 130 valence electrons. The molecule has 1 aliphatic heterocycles. The number of carbonyl (C=O) groups is 1. The molecule has 1 unspecified atom stereocenters. The first-order chi connectivity index (χ1) is 11.6. The van der Waals surface area contributed by atoms with Crippen molar-refractivity contribution in [2.45, 2.75) is 19.6 Å². The number of fused-ring (bicyclic) bond motifs is 1. The van der Waals surface area contributed by atoms with Crippen LogP contribution in [0.2, 0.25) is 0 Å². The van der Waals surface area contributed by atoms with Crippen LogP contribution in [0, 0.1) is 5.92 Å². The number of likely N-dealkylation sites (N-methyl/N-ethyl adjacent to an activating group) is 1. The second kappa shape index (κ2) is 7.92. The lowest BCUT2D eigenvalue weighted by atomic mass is 10.1. The average molecular weight is 347 g/mol. The van der Waals surface area contributed by atoms with Crippen LogP contribution in [0.4, 0.5) is 0 Å². The molecule has 3 rings (SSSR count). The van der Waals surface area contributed by atoms with Crippen LogP contribution in [0.25, 0.3) is 0 Å². The fraction of sp³-hybridized carbons (Fsp3) is 0.529. The largest absolute Gasteiger partial charge is 0.354 e. The number of rotatable bonds is 6. The maximum Gasteiger partial charge on any atom is 0.226 e. The maximum atomic E-state index is 12.6. The van der Waals surface area contributed by atoms with E-state index in [9.17, 15) is 4.79 Å². The molecule has 7 heteroatoms. The van der Waals surface area contributed by atoms with E-state index in [0.29, 0.717) is 13.1 Å². The molecule has 1 N–H and O–H groups in total. The number of carbonyl (C=O) groups excluding carboxylic acids is 1. The Morgan fingerprint density at radius 3 is 3.04 bits per heavy atom. The summed E-state index contributed by atoms with van der Waals surface area (Å²) in [6, 6.07) is 6.28. The maximum absolute atomic E-state index is 12.6. The Morgan fingerprint density at radius 2 is 2.29 bits per heavy atom. The molecule has 0 bridgehead atoms. The van der Waals surface area contributed by atoms with Crippen LogP contribution in [0.1, 0.15) is 10.6 Å². The summed E-state index contributed by atoms with van der Waals surface area (Å²) in [4.78, 5) is 18.4. The summed E-state index contributed by atoms with van der Waals surface area (Å²) in [5.41, 5.74) is 1.18. The molecule has 2 aromatic rings. The number of thiophene rings is 1. The lowest BCUT2D eigenvalue weighted by Crippen LogP contribution is -2.41. The number of hydrogen-bond acceptors (Lipinski definition) is 5. The summed E-state index contributed by atoms with van der Waals surface area (Å²) in [5, 5.41) is 9.56. The molecular formula is C17H25N5OS. The predicted octanol–water partition coefficient (Wildman–Crippen LogP) is 1.25. The van der Waals surface area contributed by atoms with Crippen molar-refractivity contribution in [2.24, 2.45) is 5.92 Å². The summed E-state index contributed by atoms with van der Waals surface area (Å²) in [7, 11) is 4.02. The second-order valence-corrected chi connectivity index (χ2v) is 7.58. The molecule has 0 saturated heterocycles. The molecule has 6 nitrogen and oxygen atoms in total. The lowest BCUT2D eigenvalue weighted by Gasteiger charge is -2.23. The van der Waals surface area contributed by atoms with Crippen molar-refractivity contribution in [1.29, 1.82) is 0 Å². The summed E-state index contributed by atoms with van der Waals surface area (Å²) in [6.07, 6.45) is 1.82. The van der Waals surface area contributed by atoms with E-state index >= 15 is 0 Å². The Bertz CT molecular complexity index is 652. The Morgan fingerprint density at radius 1 is 1.42 bits per heavy atom. The zero-order chi connectivity index (χ0) is 16.9. The highest BCUT2D eigenvalue weighted by molar-refractivity contribution is 7.09. The summed E-state index contributed by atoms with van der Waals surface area (Å²) >= 11 is 1.76. The Kier molecular flexibility index (Phi) is 5.65.